The van der Waals surface area contributed by atoms with Gasteiger partial charge in [-0.15, -0.1) is 0 Å². The van der Waals surface area contributed by atoms with Crippen LogP contribution in [0.3, 0.4) is 0 Å². The van der Waals surface area contributed by atoms with E-state index in [-0.39, 0.29) is 5.56 Å². The first-order valence-electron chi connectivity index (χ1n) is 9.63. The number of aromatic amines is 1. The van der Waals surface area contributed by atoms with Crippen LogP contribution >= 0.6 is 23.4 Å². The first-order valence-corrected chi connectivity index (χ1v) is 11.0. The van der Waals surface area contributed by atoms with Gasteiger partial charge in [-0.2, -0.15) is 4.98 Å². The van der Waals surface area contributed by atoms with Crippen LogP contribution in [0.1, 0.15) is 5.89 Å². The number of halogens is 1. The lowest BCUT2D eigenvalue weighted by Crippen LogP contribution is -2.08. The van der Waals surface area contributed by atoms with Gasteiger partial charge in [0.15, 0.2) is 16.7 Å². The molecule has 0 amide bonds. The summed E-state index contributed by atoms with van der Waals surface area (Å²) in [5, 5.41) is 5.02. The summed E-state index contributed by atoms with van der Waals surface area (Å²) in [5.41, 5.74) is 1.63. The van der Waals surface area contributed by atoms with Crippen molar-refractivity contribution >= 4 is 23.4 Å². The molecule has 0 radical (unpaired) electrons. The first-order chi connectivity index (χ1) is 16.0. The standard InChI is InChI=1S/C22H19ClN4O5S/c1-29-16-8-13(9-17(30-2)20(16)31-3)21-26-19(32-27-21)11-33-22-24-15(10-18(28)25-22)12-5-4-6-14(23)7-12/h4-10H,11H2,1-3H3,(H,24,25,28). The molecule has 0 unspecified atom stereocenters. The number of ether oxygens (including phenoxy) is 3. The van der Waals surface area contributed by atoms with Crippen LogP contribution in [-0.2, 0) is 5.75 Å². The van der Waals surface area contributed by atoms with E-state index in [2.05, 4.69) is 20.1 Å². The molecule has 0 fully saturated rings. The van der Waals surface area contributed by atoms with Crippen molar-refractivity contribution in [3.63, 3.8) is 0 Å². The average molecular weight is 487 g/mol. The number of nitrogens with one attached hydrogen (secondary N) is 1. The summed E-state index contributed by atoms with van der Waals surface area (Å²) in [6.45, 7) is 0. The lowest BCUT2D eigenvalue weighted by atomic mass is 10.1. The summed E-state index contributed by atoms with van der Waals surface area (Å²) in [5.74, 6) is 2.45. The maximum absolute atomic E-state index is 12.1. The first kappa shape index (κ1) is 22.7. The summed E-state index contributed by atoms with van der Waals surface area (Å²) in [6.07, 6.45) is 0. The predicted octanol–water partition coefficient (Wildman–Crippen LogP) is 4.46. The Morgan fingerprint density at radius 3 is 2.42 bits per heavy atom. The second kappa shape index (κ2) is 9.97. The Balaban J connectivity index is 1.54. The van der Waals surface area contributed by atoms with Gasteiger partial charge in [-0.1, -0.05) is 40.7 Å². The van der Waals surface area contributed by atoms with Crippen LogP contribution in [0.4, 0.5) is 0 Å². The van der Waals surface area contributed by atoms with Crippen molar-refractivity contribution in [3.8, 4) is 39.9 Å². The van der Waals surface area contributed by atoms with Crippen molar-refractivity contribution in [1.82, 2.24) is 20.1 Å². The van der Waals surface area contributed by atoms with Gasteiger partial charge in [0.2, 0.25) is 17.5 Å². The van der Waals surface area contributed by atoms with Gasteiger partial charge >= 0.3 is 0 Å². The maximum atomic E-state index is 12.1. The van der Waals surface area contributed by atoms with Crippen molar-refractivity contribution in [2.24, 2.45) is 0 Å². The summed E-state index contributed by atoms with van der Waals surface area (Å²) in [7, 11) is 4.60. The molecule has 33 heavy (non-hydrogen) atoms. The minimum Gasteiger partial charge on any atom is -0.493 e. The van der Waals surface area contributed by atoms with E-state index < -0.39 is 0 Å². The third kappa shape index (κ3) is 5.12. The molecule has 0 bridgehead atoms. The molecule has 0 aliphatic rings. The van der Waals surface area contributed by atoms with E-state index in [9.17, 15) is 4.79 Å². The Hall–Kier alpha value is -3.50. The van der Waals surface area contributed by atoms with Gasteiger partial charge in [0.25, 0.3) is 5.56 Å². The van der Waals surface area contributed by atoms with Crippen LogP contribution in [0, 0.1) is 0 Å². The Morgan fingerprint density at radius 2 is 1.76 bits per heavy atom. The van der Waals surface area contributed by atoms with E-state index in [0.29, 0.717) is 56.2 Å². The molecule has 0 saturated heterocycles. The van der Waals surface area contributed by atoms with Crippen molar-refractivity contribution < 1.29 is 18.7 Å². The number of nitrogens with zero attached hydrogens (tertiary/aromatic N) is 3. The Morgan fingerprint density at radius 1 is 1.00 bits per heavy atom. The van der Waals surface area contributed by atoms with Gasteiger partial charge in [-0.25, -0.2) is 4.98 Å². The van der Waals surface area contributed by atoms with Crippen LogP contribution in [0.5, 0.6) is 17.2 Å². The van der Waals surface area contributed by atoms with E-state index in [1.165, 1.54) is 39.2 Å². The fourth-order valence-electron chi connectivity index (χ4n) is 3.07. The molecule has 1 N–H and O–H groups in total. The number of hydrogen-bond acceptors (Lipinski definition) is 9. The van der Waals surface area contributed by atoms with Crippen LogP contribution in [-0.4, -0.2) is 41.4 Å². The van der Waals surface area contributed by atoms with Gasteiger partial charge in [0, 0.05) is 22.2 Å². The molecule has 0 aliphatic heterocycles. The molecule has 0 aliphatic carbocycles. The molecule has 0 spiro atoms. The normalized spacial score (nSPS) is 10.8. The highest BCUT2D eigenvalue weighted by molar-refractivity contribution is 7.98. The third-order valence-corrected chi connectivity index (χ3v) is 5.66. The molecule has 2 heterocycles. The minimum atomic E-state index is -0.272. The highest BCUT2D eigenvalue weighted by Gasteiger charge is 2.17. The molecule has 170 valence electrons. The van der Waals surface area contributed by atoms with E-state index in [0.717, 1.165) is 5.56 Å². The van der Waals surface area contributed by atoms with Gasteiger partial charge < -0.3 is 23.7 Å². The second-order valence-corrected chi connectivity index (χ2v) is 8.06. The summed E-state index contributed by atoms with van der Waals surface area (Å²) < 4.78 is 21.5. The van der Waals surface area contributed by atoms with E-state index in [1.54, 1.807) is 30.3 Å². The number of hydrogen-bond donors (Lipinski definition) is 1. The summed E-state index contributed by atoms with van der Waals surface area (Å²) in [6, 6.07) is 12.0. The molecule has 0 saturated carbocycles. The fourth-order valence-corrected chi connectivity index (χ4v) is 3.97. The Kier molecular flexibility index (Phi) is 6.85. The molecule has 9 nitrogen and oxygen atoms in total. The number of aromatic nitrogens is 4. The van der Waals surface area contributed by atoms with E-state index in [1.807, 2.05) is 6.07 Å². The van der Waals surface area contributed by atoms with Crippen LogP contribution in [0.15, 0.2) is 56.9 Å². The monoisotopic (exact) mass is 486 g/mol. The van der Waals surface area contributed by atoms with Crippen molar-refractivity contribution in [1.29, 1.82) is 0 Å². The molecule has 4 aromatic rings. The van der Waals surface area contributed by atoms with Crippen LogP contribution in [0.2, 0.25) is 5.02 Å². The van der Waals surface area contributed by atoms with Crippen molar-refractivity contribution in [2.75, 3.05) is 21.3 Å². The second-order valence-electron chi connectivity index (χ2n) is 6.66. The topological polar surface area (TPSA) is 112 Å². The van der Waals surface area contributed by atoms with Gasteiger partial charge in [-0.05, 0) is 24.3 Å². The Labute approximate surface area is 198 Å². The zero-order chi connectivity index (χ0) is 23.4. The SMILES string of the molecule is COc1cc(-c2noc(CSc3nc(-c4cccc(Cl)c4)cc(=O)[nH]3)n2)cc(OC)c1OC. The third-order valence-electron chi connectivity index (χ3n) is 4.56. The van der Waals surface area contributed by atoms with Crippen LogP contribution in [0.25, 0.3) is 22.6 Å². The number of methoxy groups -OCH3 is 3. The number of H-pyrrole nitrogens is 1. The number of benzene rings is 2. The zero-order valence-corrected chi connectivity index (χ0v) is 19.5. The van der Waals surface area contributed by atoms with Crippen LogP contribution < -0.4 is 19.8 Å². The molecule has 2 aromatic carbocycles. The van der Waals surface area contributed by atoms with Gasteiger partial charge in [0.05, 0.1) is 32.8 Å². The molecular formula is C22H19ClN4O5S. The molecular weight excluding hydrogens is 468 g/mol. The van der Waals surface area contributed by atoms with E-state index >= 15 is 0 Å². The highest BCUT2D eigenvalue weighted by atomic mass is 35.5. The average Bonchev–Trinajstić information content (AvgIpc) is 3.30. The lowest BCUT2D eigenvalue weighted by molar-refractivity contribution is 0.324. The van der Waals surface area contributed by atoms with Crippen molar-refractivity contribution in [3.05, 3.63) is 63.7 Å². The Bertz CT molecular complexity index is 1320. The van der Waals surface area contributed by atoms with Gasteiger partial charge in [0.1, 0.15) is 0 Å². The largest absolute Gasteiger partial charge is 0.493 e. The number of rotatable bonds is 8. The summed E-state index contributed by atoms with van der Waals surface area (Å²) >= 11 is 7.32. The quantitative estimate of drug-likeness (QED) is 0.285. The fraction of sp³-hybridized carbons (Fsp3) is 0.182. The minimum absolute atomic E-state index is 0.272. The number of thioether (sulfide) groups is 1. The predicted molar refractivity (Wildman–Crippen MR) is 124 cm³/mol. The molecule has 0 atom stereocenters. The van der Waals surface area contributed by atoms with Gasteiger partial charge in [-0.3, -0.25) is 4.79 Å². The van der Waals surface area contributed by atoms with Crippen molar-refractivity contribution in [2.45, 2.75) is 10.9 Å². The summed E-state index contributed by atoms with van der Waals surface area (Å²) in [4.78, 5) is 23.8. The molecule has 11 heteroatoms. The van der Waals surface area contributed by atoms with E-state index in [4.69, 9.17) is 30.3 Å². The zero-order valence-electron chi connectivity index (χ0n) is 17.9. The molecule has 4 rings (SSSR count). The highest BCUT2D eigenvalue weighted by Crippen LogP contribution is 2.40. The lowest BCUT2D eigenvalue weighted by Gasteiger charge is -2.12. The maximum Gasteiger partial charge on any atom is 0.252 e. The molecule has 2 aromatic heterocycles. The smallest absolute Gasteiger partial charge is 0.252 e.